The van der Waals surface area contributed by atoms with E-state index in [1.807, 2.05) is 0 Å². The Labute approximate surface area is 163 Å². The summed E-state index contributed by atoms with van der Waals surface area (Å²) in [7, 11) is -8.74. The molecule has 2 aromatic rings. The first-order chi connectivity index (χ1) is 8.19. The molecule has 100 valence electrons. The average molecular weight is 336 g/mol. The van der Waals surface area contributed by atoms with E-state index >= 15 is 0 Å². The Balaban J connectivity index is -0.000000902. The molecule has 0 heterocycles. The quantitative estimate of drug-likeness (QED) is 0.423. The maximum atomic E-state index is 11.1. The SMILES string of the molecule is O=S(=O)(O)c1ccc2c(S(=O)(=O)O)cccc2c1.[H-].[H-].[Na+].[Na+]. The van der Waals surface area contributed by atoms with E-state index in [-0.39, 0.29) is 82.5 Å². The van der Waals surface area contributed by atoms with Crippen molar-refractivity contribution < 1.29 is 87.9 Å². The van der Waals surface area contributed by atoms with E-state index in [4.69, 9.17) is 9.11 Å². The minimum Gasteiger partial charge on any atom is -1.00 e. The molecule has 20 heavy (non-hydrogen) atoms. The zero-order valence-corrected chi connectivity index (χ0v) is 16.4. The molecule has 0 aliphatic rings. The molecule has 6 nitrogen and oxygen atoms in total. The van der Waals surface area contributed by atoms with E-state index in [1.165, 1.54) is 24.3 Å². The van der Waals surface area contributed by atoms with Gasteiger partial charge in [0.15, 0.2) is 0 Å². The molecular weight excluding hydrogens is 326 g/mol. The van der Waals surface area contributed by atoms with Crippen molar-refractivity contribution in [2.75, 3.05) is 0 Å². The van der Waals surface area contributed by atoms with Crippen LogP contribution in [0.3, 0.4) is 0 Å². The van der Waals surface area contributed by atoms with Crippen LogP contribution in [0.25, 0.3) is 10.8 Å². The van der Waals surface area contributed by atoms with Crippen LogP contribution in [-0.4, -0.2) is 25.9 Å². The van der Waals surface area contributed by atoms with Crippen LogP contribution in [0.5, 0.6) is 0 Å². The van der Waals surface area contributed by atoms with Crippen molar-refractivity contribution in [3.63, 3.8) is 0 Å². The number of hydrogen-bond acceptors (Lipinski definition) is 4. The van der Waals surface area contributed by atoms with Gasteiger partial charge >= 0.3 is 59.1 Å². The Hall–Kier alpha value is 0.520. The van der Waals surface area contributed by atoms with E-state index in [9.17, 15) is 16.8 Å². The zero-order chi connectivity index (χ0) is 13.6. The molecule has 0 bridgehead atoms. The second-order valence-electron chi connectivity index (χ2n) is 3.59. The molecule has 2 rings (SSSR count). The fourth-order valence-electron chi connectivity index (χ4n) is 1.62. The van der Waals surface area contributed by atoms with Gasteiger partial charge < -0.3 is 2.85 Å². The van der Waals surface area contributed by atoms with Gasteiger partial charge in [-0.15, -0.1) is 0 Å². The Bertz CT molecular complexity index is 840. The van der Waals surface area contributed by atoms with Crippen LogP contribution < -0.4 is 59.1 Å². The van der Waals surface area contributed by atoms with Gasteiger partial charge in [-0.3, -0.25) is 9.11 Å². The molecule has 2 aromatic carbocycles. The third-order valence-electron chi connectivity index (χ3n) is 2.39. The molecule has 2 N–H and O–H groups in total. The number of hydrogen-bond donors (Lipinski definition) is 2. The summed E-state index contributed by atoms with van der Waals surface area (Å²) >= 11 is 0. The van der Waals surface area contributed by atoms with Crippen LogP contribution in [0.2, 0.25) is 0 Å². The minimum atomic E-state index is -4.39. The molecule has 0 atom stereocenters. The monoisotopic (exact) mass is 336 g/mol. The van der Waals surface area contributed by atoms with Crippen molar-refractivity contribution in [1.29, 1.82) is 0 Å². The summed E-state index contributed by atoms with van der Waals surface area (Å²) in [6.07, 6.45) is 0. The van der Waals surface area contributed by atoms with Gasteiger partial charge in [-0.05, 0) is 23.6 Å². The van der Waals surface area contributed by atoms with Gasteiger partial charge in [0, 0.05) is 5.39 Å². The maximum absolute atomic E-state index is 11.1. The molecule has 0 aromatic heterocycles. The predicted octanol–water partition coefficient (Wildman–Crippen LogP) is -4.43. The molecule has 0 amide bonds. The molecule has 0 aliphatic heterocycles. The van der Waals surface area contributed by atoms with Crippen molar-refractivity contribution in [2.45, 2.75) is 9.79 Å². The zero-order valence-electron chi connectivity index (χ0n) is 12.8. The smallest absolute Gasteiger partial charge is 1.00 e. The molecule has 10 heteroatoms. The number of fused-ring (bicyclic) bond motifs is 1. The van der Waals surface area contributed by atoms with Crippen LogP contribution in [0.1, 0.15) is 2.85 Å². The average Bonchev–Trinajstić information content (AvgIpc) is 2.25. The van der Waals surface area contributed by atoms with Gasteiger partial charge in [-0.2, -0.15) is 16.8 Å². The Morgan fingerprint density at radius 3 is 1.95 bits per heavy atom. The summed E-state index contributed by atoms with van der Waals surface area (Å²) in [6.45, 7) is 0. The second-order valence-corrected chi connectivity index (χ2v) is 6.40. The first-order valence-corrected chi connectivity index (χ1v) is 7.55. The summed E-state index contributed by atoms with van der Waals surface area (Å²) in [5, 5.41) is 0.452. The largest absolute Gasteiger partial charge is 1.00 e. The third-order valence-corrected chi connectivity index (χ3v) is 4.15. The standard InChI is InChI=1S/C10H8O6S2.2Na.2H/c11-17(12,13)8-4-5-9-7(6-8)2-1-3-10(9)18(14,15)16;;;;/h1-6H,(H,11,12,13)(H,14,15,16);;;;/q;2*+1;2*-1. The summed E-state index contributed by atoms with van der Waals surface area (Å²) in [6, 6.07) is 7.43. The van der Waals surface area contributed by atoms with E-state index in [2.05, 4.69) is 0 Å². The summed E-state index contributed by atoms with van der Waals surface area (Å²) in [5.41, 5.74) is 0. The van der Waals surface area contributed by atoms with Crippen molar-refractivity contribution in [3.05, 3.63) is 36.4 Å². The maximum Gasteiger partial charge on any atom is 1.00 e. The Kier molecular flexibility index (Phi) is 7.37. The van der Waals surface area contributed by atoms with Gasteiger partial charge in [0.05, 0.1) is 4.90 Å². The normalized spacial score (nSPS) is 11.5. The van der Waals surface area contributed by atoms with Gasteiger partial charge in [0.2, 0.25) is 0 Å². The molecule has 0 saturated carbocycles. The summed E-state index contributed by atoms with van der Waals surface area (Å²) < 4.78 is 62.0. The molecule has 0 saturated heterocycles. The number of rotatable bonds is 2. The molecule has 0 aliphatic carbocycles. The van der Waals surface area contributed by atoms with E-state index in [0.29, 0.717) is 0 Å². The van der Waals surface area contributed by atoms with E-state index in [1.54, 1.807) is 0 Å². The van der Waals surface area contributed by atoms with E-state index < -0.39 is 20.2 Å². The topological polar surface area (TPSA) is 109 Å². The Morgan fingerprint density at radius 2 is 1.45 bits per heavy atom. The van der Waals surface area contributed by atoms with Crippen molar-refractivity contribution in [1.82, 2.24) is 0 Å². The fraction of sp³-hybridized carbons (Fsp3) is 0. The molecule has 0 unspecified atom stereocenters. The van der Waals surface area contributed by atoms with Gasteiger partial charge in [-0.25, -0.2) is 0 Å². The van der Waals surface area contributed by atoms with Crippen molar-refractivity contribution in [2.24, 2.45) is 0 Å². The summed E-state index contributed by atoms with van der Waals surface area (Å²) in [5.74, 6) is 0. The van der Waals surface area contributed by atoms with Crippen LogP contribution in [0.15, 0.2) is 46.2 Å². The van der Waals surface area contributed by atoms with Crippen molar-refractivity contribution >= 4 is 31.0 Å². The van der Waals surface area contributed by atoms with Gasteiger partial charge in [-0.1, -0.05) is 18.2 Å². The van der Waals surface area contributed by atoms with Crippen LogP contribution in [0.4, 0.5) is 0 Å². The van der Waals surface area contributed by atoms with Crippen LogP contribution >= 0.6 is 0 Å². The van der Waals surface area contributed by atoms with Crippen LogP contribution in [-0.2, 0) is 20.2 Å². The van der Waals surface area contributed by atoms with Gasteiger partial charge in [0.25, 0.3) is 20.2 Å². The number of benzene rings is 2. The van der Waals surface area contributed by atoms with Crippen LogP contribution in [0, 0.1) is 0 Å². The fourth-order valence-corrected chi connectivity index (χ4v) is 2.85. The minimum absolute atomic E-state index is 0. The summed E-state index contributed by atoms with van der Waals surface area (Å²) in [4.78, 5) is -0.663. The molecule has 0 fully saturated rings. The Morgan fingerprint density at radius 1 is 0.850 bits per heavy atom. The first-order valence-electron chi connectivity index (χ1n) is 4.67. The predicted molar refractivity (Wildman–Crippen MR) is 65.8 cm³/mol. The molecule has 0 spiro atoms. The van der Waals surface area contributed by atoms with Gasteiger partial charge in [0.1, 0.15) is 4.90 Å². The third kappa shape index (κ3) is 4.51. The molecular formula is C10H10Na2O6S2. The first kappa shape index (κ1) is 20.5. The van der Waals surface area contributed by atoms with E-state index in [0.717, 1.165) is 12.1 Å². The molecule has 0 radical (unpaired) electrons. The van der Waals surface area contributed by atoms with Crippen molar-refractivity contribution in [3.8, 4) is 0 Å². The second kappa shape index (κ2) is 7.19.